The Bertz CT molecular complexity index is 536. The topological polar surface area (TPSA) is 62.5 Å². The summed E-state index contributed by atoms with van der Waals surface area (Å²) < 4.78 is 36.9. The van der Waals surface area contributed by atoms with Gasteiger partial charge in [0.05, 0.1) is 10.6 Å². The van der Waals surface area contributed by atoms with Gasteiger partial charge in [-0.2, -0.15) is 13.2 Å². The Morgan fingerprint density at radius 1 is 1.47 bits per heavy atom. The highest BCUT2D eigenvalue weighted by molar-refractivity contribution is 6.30. The number of hydrogen-bond acceptors (Lipinski definition) is 4. The number of Topliss-reactive ketones (excluding diaryl/α,β-unsaturated/α-hetero) is 1. The molecular formula is C11H8ClF3N2O2. The van der Waals surface area contributed by atoms with Crippen molar-refractivity contribution in [2.24, 2.45) is 4.99 Å². The van der Waals surface area contributed by atoms with Gasteiger partial charge < -0.3 is 5.11 Å². The molecule has 0 amide bonds. The Balaban J connectivity index is 3.11. The largest absolute Gasteiger partial charge is 0.504 e. The molecule has 0 bridgehead atoms. The number of carbonyl (C=O) groups excluding carboxylic acids is 1. The summed E-state index contributed by atoms with van der Waals surface area (Å²) in [6.07, 6.45) is -3.16. The first-order valence-corrected chi connectivity index (χ1v) is 5.26. The van der Waals surface area contributed by atoms with Crippen molar-refractivity contribution in [2.75, 3.05) is 0 Å². The summed E-state index contributed by atoms with van der Waals surface area (Å²) in [5, 5.41) is 9.27. The average molecular weight is 293 g/mol. The number of nitrogens with zero attached hydrogens (tertiary/aromatic N) is 2. The lowest BCUT2D eigenvalue weighted by Gasteiger charge is -2.07. The molecule has 0 saturated carbocycles. The van der Waals surface area contributed by atoms with E-state index in [0.717, 1.165) is 6.92 Å². The van der Waals surface area contributed by atoms with Crippen LogP contribution < -0.4 is 0 Å². The second-order valence-electron chi connectivity index (χ2n) is 3.41. The van der Waals surface area contributed by atoms with Gasteiger partial charge in [-0.3, -0.25) is 4.79 Å². The third kappa shape index (κ3) is 4.36. The number of aliphatic hydroxyl groups is 1. The molecule has 1 heterocycles. The zero-order valence-electron chi connectivity index (χ0n) is 9.57. The first-order valence-electron chi connectivity index (χ1n) is 4.89. The fraction of sp³-hybridized carbons (Fsp3) is 0.182. The Morgan fingerprint density at radius 2 is 2.11 bits per heavy atom. The van der Waals surface area contributed by atoms with Gasteiger partial charge in [0, 0.05) is 12.4 Å². The summed E-state index contributed by atoms with van der Waals surface area (Å²) in [4.78, 5) is 18.3. The summed E-state index contributed by atoms with van der Waals surface area (Å²) in [6, 6.07) is 2.78. The van der Waals surface area contributed by atoms with E-state index in [4.69, 9.17) is 16.7 Å². The maximum Gasteiger partial charge on any atom is 0.449 e. The first-order chi connectivity index (χ1) is 8.71. The molecule has 0 saturated heterocycles. The van der Waals surface area contributed by atoms with Gasteiger partial charge in [-0.15, -0.1) is 0 Å². The molecular weight excluding hydrogens is 285 g/mol. The van der Waals surface area contributed by atoms with E-state index in [1.807, 2.05) is 0 Å². The number of aliphatic hydroxyl groups excluding tert-OH is 1. The molecule has 0 atom stereocenters. The number of halogens is 4. The molecule has 1 rings (SSSR count). The summed E-state index contributed by atoms with van der Waals surface area (Å²) in [5.74, 6) is -2.90. The number of aromatic nitrogens is 1. The molecule has 19 heavy (non-hydrogen) atoms. The minimum absolute atomic E-state index is 0.0538. The zero-order chi connectivity index (χ0) is 14.6. The molecule has 0 unspecified atom stereocenters. The lowest BCUT2D eigenvalue weighted by molar-refractivity contribution is -0.125. The minimum Gasteiger partial charge on any atom is -0.504 e. The molecule has 0 aliphatic carbocycles. The molecule has 0 aliphatic heterocycles. The van der Waals surface area contributed by atoms with E-state index in [0.29, 0.717) is 11.2 Å². The van der Waals surface area contributed by atoms with Crippen molar-refractivity contribution in [3.63, 3.8) is 0 Å². The van der Waals surface area contributed by atoms with Crippen molar-refractivity contribution in [1.82, 2.24) is 4.98 Å². The Kier molecular flexibility index (Phi) is 4.66. The van der Waals surface area contributed by atoms with Crippen LogP contribution in [-0.4, -0.2) is 28.3 Å². The quantitative estimate of drug-likeness (QED) is 0.527. The van der Waals surface area contributed by atoms with Crippen LogP contribution >= 0.6 is 11.6 Å². The van der Waals surface area contributed by atoms with Gasteiger partial charge in [-0.1, -0.05) is 11.6 Å². The summed E-state index contributed by atoms with van der Waals surface area (Å²) in [5.41, 5.74) is -0.941. The number of alkyl halides is 3. The van der Waals surface area contributed by atoms with Crippen LogP contribution in [0.25, 0.3) is 0 Å². The SMILES string of the molecule is CC(=O)/C(C=Nc1ccc(Cl)cn1)=C(\O)C(F)(F)F. The highest BCUT2D eigenvalue weighted by Gasteiger charge is 2.37. The predicted molar refractivity (Wildman–Crippen MR) is 63.8 cm³/mol. The molecule has 4 nitrogen and oxygen atoms in total. The van der Waals surface area contributed by atoms with Gasteiger partial charge in [0.1, 0.15) is 0 Å². The van der Waals surface area contributed by atoms with Gasteiger partial charge in [-0.05, 0) is 19.1 Å². The van der Waals surface area contributed by atoms with E-state index in [9.17, 15) is 18.0 Å². The second-order valence-corrected chi connectivity index (χ2v) is 3.85. The molecule has 0 radical (unpaired) electrons. The molecule has 102 valence electrons. The van der Waals surface area contributed by atoms with E-state index >= 15 is 0 Å². The predicted octanol–water partition coefficient (Wildman–Crippen LogP) is 3.40. The summed E-state index contributed by atoms with van der Waals surface area (Å²) in [7, 11) is 0. The van der Waals surface area contributed by atoms with Crippen LogP contribution in [0.4, 0.5) is 19.0 Å². The number of aliphatic imine (C=N–C) groups is 1. The first kappa shape index (κ1) is 15.2. The van der Waals surface area contributed by atoms with E-state index < -0.39 is 23.3 Å². The smallest absolute Gasteiger partial charge is 0.449 e. The van der Waals surface area contributed by atoms with Crippen molar-refractivity contribution >= 4 is 29.4 Å². The molecule has 1 N–H and O–H groups in total. The van der Waals surface area contributed by atoms with E-state index in [2.05, 4.69) is 9.98 Å². The Morgan fingerprint density at radius 3 is 2.53 bits per heavy atom. The number of hydrogen-bond donors (Lipinski definition) is 1. The number of rotatable bonds is 3. The minimum atomic E-state index is -5.01. The summed E-state index contributed by atoms with van der Waals surface area (Å²) >= 11 is 5.57. The molecule has 0 spiro atoms. The van der Waals surface area contributed by atoms with Crippen LogP contribution in [0.1, 0.15) is 6.92 Å². The average Bonchev–Trinajstić information content (AvgIpc) is 2.30. The van der Waals surface area contributed by atoms with Gasteiger partial charge in [0.15, 0.2) is 11.6 Å². The van der Waals surface area contributed by atoms with Gasteiger partial charge in [-0.25, -0.2) is 9.98 Å². The highest BCUT2D eigenvalue weighted by Crippen LogP contribution is 2.26. The van der Waals surface area contributed by atoms with E-state index in [1.165, 1.54) is 18.3 Å². The maximum absolute atomic E-state index is 12.3. The van der Waals surface area contributed by atoms with Crippen molar-refractivity contribution in [3.8, 4) is 0 Å². The van der Waals surface area contributed by atoms with Crippen molar-refractivity contribution in [3.05, 3.63) is 34.7 Å². The molecule has 0 aromatic carbocycles. The molecule has 1 aromatic heterocycles. The van der Waals surface area contributed by atoms with Crippen LogP contribution in [0.15, 0.2) is 34.7 Å². The number of carbonyl (C=O) groups is 1. The molecule has 1 aromatic rings. The maximum atomic E-state index is 12.3. The monoisotopic (exact) mass is 292 g/mol. The number of pyridine rings is 1. The fourth-order valence-corrected chi connectivity index (χ4v) is 1.16. The van der Waals surface area contributed by atoms with Crippen molar-refractivity contribution in [2.45, 2.75) is 13.1 Å². The highest BCUT2D eigenvalue weighted by atomic mass is 35.5. The van der Waals surface area contributed by atoms with Crippen LogP contribution in [0.5, 0.6) is 0 Å². The standard InChI is InChI=1S/C11H8ClF3N2O2/c1-6(18)8(10(19)11(13,14)15)5-17-9-3-2-7(12)4-16-9/h2-5,19H,1H3/b10-8-,17-5?. The lowest BCUT2D eigenvalue weighted by atomic mass is 10.1. The Hall–Kier alpha value is -1.89. The van der Waals surface area contributed by atoms with Gasteiger partial charge in [0.25, 0.3) is 0 Å². The normalized spacial score (nSPS) is 13.5. The number of allylic oxidation sites excluding steroid dienone is 2. The summed E-state index contributed by atoms with van der Waals surface area (Å²) in [6.45, 7) is 0.888. The number of ketones is 1. The van der Waals surface area contributed by atoms with Gasteiger partial charge in [0.2, 0.25) is 5.76 Å². The van der Waals surface area contributed by atoms with E-state index in [-0.39, 0.29) is 5.82 Å². The lowest BCUT2D eigenvalue weighted by Crippen LogP contribution is -2.17. The third-order valence-corrected chi connectivity index (χ3v) is 2.16. The Labute approximate surface area is 111 Å². The second kappa shape index (κ2) is 5.83. The van der Waals surface area contributed by atoms with Crippen LogP contribution in [0.2, 0.25) is 5.02 Å². The zero-order valence-corrected chi connectivity index (χ0v) is 10.3. The van der Waals surface area contributed by atoms with Crippen molar-refractivity contribution < 1.29 is 23.1 Å². The third-order valence-electron chi connectivity index (χ3n) is 1.94. The van der Waals surface area contributed by atoms with Crippen LogP contribution in [-0.2, 0) is 4.79 Å². The van der Waals surface area contributed by atoms with Crippen LogP contribution in [0, 0.1) is 0 Å². The van der Waals surface area contributed by atoms with Crippen molar-refractivity contribution in [1.29, 1.82) is 0 Å². The molecule has 0 aliphatic rings. The van der Waals surface area contributed by atoms with Crippen LogP contribution in [0.3, 0.4) is 0 Å². The molecule has 0 fully saturated rings. The molecule has 8 heteroatoms. The van der Waals surface area contributed by atoms with Gasteiger partial charge >= 0.3 is 6.18 Å². The fourth-order valence-electron chi connectivity index (χ4n) is 1.05. The van der Waals surface area contributed by atoms with E-state index in [1.54, 1.807) is 0 Å².